The van der Waals surface area contributed by atoms with Crippen LogP contribution in [0, 0.1) is 6.92 Å². The first-order valence-corrected chi connectivity index (χ1v) is 16.5. The summed E-state index contributed by atoms with van der Waals surface area (Å²) in [7, 11) is -7.08. The first-order chi connectivity index (χ1) is 18.9. The lowest BCUT2D eigenvalue weighted by Crippen LogP contribution is -2.67. The number of aromatic nitrogens is 1. The zero-order valence-electron chi connectivity index (χ0n) is 22.6. The van der Waals surface area contributed by atoms with Crippen molar-refractivity contribution >= 4 is 25.4 Å². The highest BCUT2D eigenvalue weighted by atomic mass is 32.2. The first-order valence-electron chi connectivity index (χ1n) is 12.7. The lowest BCUT2D eigenvalue weighted by Gasteiger charge is -2.50. The van der Waals surface area contributed by atoms with Crippen molar-refractivity contribution in [1.82, 2.24) is 9.88 Å². The van der Waals surface area contributed by atoms with E-state index >= 15 is 0 Å². The highest BCUT2D eigenvalue weighted by molar-refractivity contribution is 7.91. The fraction of sp³-hybridized carbons (Fsp3) is 0.370. The summed E-state index contributed by atoms with van der Waals surface area (Å²) in [5.41, 5.74) is 13.2. The Bertz CT molecular complexity index is 1740. The topological polar surface area (TPSA) is 140 Å². The zero-order chi connectivity index (χ0) is 30.1. The van der Waals surface area contributed by atoms with Crippen molar-refractivity contribution < 1.29 is 30.0 Å². The van der Waals surface area contributed by atoms with Crippen LogP contribution in [-0.4, -0.2) is 57.2 Å². The van der Waals surface area contributed by atoms with Gasteiger partial charge in [-0.15, -0.1) is 0 Å². The number of hydrogen-bond donors (Lipinski definition) is 2. The minimum absolute atomic E-state index is 0.0154. The Kier molecular flexibility index (Phi) is 7.01. The summed E-state index contributed by atoms with van der Waals surface area (Å²) in [6, 6.07) is 14.2. The second-order valence-corrected chi connectivity index (χ2v) is 14.7. The highest BCUT2D eigenvalue weighted by Gasteiger charge is 2.70. The molecule has 2 aromatic carbocycles. The fourth-order valence-electron chi connectivity index (χ4n) is 5.41. The number of benzene rings is 2. The van der Waals surface area contributed by atoms with Crippen LogP contribution in [0.3, 0.4) is 0 Å². The van der Waals surface area contributed by atoms with E-state index in [1.165, 1.54) is 23.1 Å². The van der Waals surface area contributed by atoms with Gasteiger partial charge >= 0.3 is 6.18 Å². The normalized spacial score (nSPS) is 21.0. The van der Waals surface area contributed by atoms with E-state index in [2.05, 4.69) is 4.98 Å². The van der Waals surface area contributed by atoms with Gasteiger partial charge in [-0.1, -0.05) is 24.3 Å². The van der Waals surface area contributed by atoms with Gasteiger partial charge in [0.05, 0.1) is 26.9 Å². The van der Waals surface area contributed by atoms with Gasteiger partial charge in [-0.25, -0.2) is 26.7 Å². The van der Waals surface area contributed by atoms with Gasteiger partial charge in [-0.2, -0.15) is 13.2 Å². The lowest BCUT2D eigenvalue weighted by atomic mass is 10.0. The third-order valence-corrected chi connectivity index (χ3v) is 10.1. The van der Waals surface area contributed by atoms with Gasteiger partial charge in [-0.3, -0.25) is 5.73 Å². The molecular formula is C27H30F3N5O4S2. The molecule has 2 heterocycles. The molecule has 1 aromatic heterocycles. The maximum Gasteiger partial charge on any atom is 0.406 e. The Morgan fingerprint density at radius 3 is 2.24 bits per heavy atom. The number of fused-ring (bicyclic) bond motifs is 1. The zero-order valence-corrected chi connectivity index (χ0v) is 24.2. The second kappa shape index (κ2) is 9.76. The van der Waals surface area contributed by atoms with Crippen LogP contribution in [-0.2, 0) is 26.2 Å². The lowest BCUT2D eigenvalue weighted by molar-refractivity contribution is -0.211. The van der Waals surface area contributed by atoms with Crippen molar-refractivity contribution in [1.29, 1.82) is 0 Å². The molecule has 0 spiro atoms. The quantitative estimate of drug-likeness (QED) is 0.430. The predicted octanol–water partition coefficient (Wildman–Crippen LogP) is 3.48. The summed E-state index contributed by atoms with van der Waals surface area (Å²) in [6.45, 7) is 1.65. The molecule has 1 aliphatic heterocycles. The van der Waals surface area contributed by atoms with E-state index in [1.807, 2.05) is 0 Å². The molecule has 14 heteroatoms. The molecular weight excluding hydrogens is 579 g/mol. The SMILES string of the molecule is Cc1ccc(-c2ccc3c(n2)C(N)N(C2(C(F)(F)F)CC2)C(N)N3Cc2cccc(S(C)(=O)=O)c2)cc1S(C)(=O)=O. The van der Waals surface area contributed by atoms with E-state index < -0.39 is 43.8 Å². The molecule has 0 bridgehead atoms. The molecule has 1 saturated carbocycles. The van der Waals surface area contributed by atoms with Crippen LogP contribution in [0.2, 0.25) is 0 Å². The Morgan fingerprint density at radius 1 is 0.976 bits per heavy atom. The molecule has 0 saturated heterocycles. The van der Waals surface area contributed by atoms with Crippen LogP contribution in [0.1, 0.15) is 35.8 Å². The number of anilines is 1. The predicted molar refractivity (Wildman–Crippen MR) is 148 cm³/mol. The summed E-state index contributed by atoms with van der Waals surface area (Å²) in [5.74, 6) is 0. The van der Waals surface area contributed by atoms with Gasteiger partial charge in [-0.05, 0) is 61.2 Å². The van der Waals surface area contributed by atoms with Gasteiger partial charge in [0, 0.05) is 24.6 Å². The number of aryl methyl sites for hydroxylation is 1. The van der Waals surface area contributed by atoms with Gasteiger partial charge in [0.25, 0.3) is 0 Å². The fourth-order valence-corrected chi connectivity index (χ4v) is 7.10. The molecule has 1 aliphatic carbocycles. The summed E-state index contributed by atoms with van der Waals surface area (Å²) < 4.78 is 92.0. The molecule has 220 valence electrons. The molecule has 2 unspecified atom stereocenters. The van der Waals surface area contributed by atoms with Crippen molar-refractivity contribution in [2.24, 2.45) is 11.5 Å². The van der Waals surface area contributed by atoms with Gasteiger partial charge in [0.15, 0.2) is 19.7 Å². The van der Waals surface area contributed by atoms with Crippen LogP contribution >= 0.6 is 0 Å². The number of hydrogen-bond acceptors (Lipinski definition) is 9. The van der Waals surface area contributed by atoms with E-state index in [1.54, 1.807) is 43.3 Å². The number of nitrogens with two attached hydrogens (primary N) is 2. The maximum absolute atomic E-state index is 14.4. The largest absolute Gasteiger partial charge is 0.406 e. The summed E-state index contributed by atoms with van der Waals surface area (Å²) >= 11 is 0. The molecule has 4 N–H and O–H groups in total. The second-order valence-electron chi connectivity index (χ2n) is 10.7. The van der Waals surface area contributed by atoms with Crippen LogP contribution < -0.4 is 16.4 Å². The third kappa shape index (κ3) is 5.23. The van der Waals surface area contributed by atoms with E-state index in [-0.39, 0.29) is 34.9 Å². The average molecular weight is 610 g/mol. The van der Waals surface area contributed by atoms with Crippen molar-refractivity contribution in [3.05, 3.63) is 71.4 Å². The molecule has 41 heavy (non-hydrogen) atoms. The van der Waals surface area contributed by atoms with E-state index in [9.17, 15) is 30.0 Å². The number of nitrogens with zero attached hydrogens (tertiary/aromatic N) is 3. The number of pyridine rings is 1. The van der Waals surface area contributed by atoms with E-state index in [0.717, 1.165) is 17.4 Å². The number of alkyl halides is 3. The minimum Gasteiger partial charge on any atom is -0.337 e. The molecule has 2 aliphatic rings. The van der Waals surface area contributed by atoms with Crippen LogP contribution in [0.25, 0.3) is 11.3 Å². The van der Waals surface area contributed by atoms with Crippen LogP contribution in [0.4, 0.5) is 18.9 Å². The Labute approximate surface area is 236 Å². The monoisotopic (exact) mass is 609 g/mol. The Balaban J connectivity index is 1.65. The Morgan fingerprint density at radius 2 is 1.66 bits per heavy atom. The Hall–Kier alpha value is -3.04. The molecule has 0 amide bonds. The smallest absolute Gasteiger partial charge is 0.337 e. The third-order valence-electron chi connectivity index (χ3n) is 7.70. The molecule has 0 radical (unpaired) electrons. The molecule has 9 nitrogen and oxygen atoms in total. The van der Waals surface area contributed by atoms with Crippen LogP contribution in [0.5, 0.6) is 0 Å². The maximum atomic E-state index is 14.4. The summed E-state index contributed by atoms with van der Waals surface area (Å²) in [4.78, 5) is 7.39. The molecule has 5 rings (SSSR count). The number of halogens is 3. The van der Waals surface area contributed by atoms with Crippen LogP contribution in [0.15, 0.2) is 64.4 Å². The van der Waals surface area contributed by atoms with Gasteiger partial charge in [0.2, 0.25) is 0 Å². The number of sulfone groups is 2. The molecule has 3 aromatic rings. The first kappa shape index (κ1) is 29.5. The molecule has 1 fully saturated rings. The highest BCUT2D eigenvalue weighted by Crippen LogP contribution is 2.57. The van der Waals surface area contributed by atoms with Gasteiger partial charge < -0.3 is 10.6 Å². The summed E-state index contributed by atoms with van der Waals surface area (Å²) in [5, 5.41) is 0. The standard InChI is InChI=1S/C27H30F3N5O4S2/c1-16-7-8-18(14-22(16)41(3,38)39)20-9-10-21-23(33-20)24(31)35(26(11-12-26)27(28,29)30)25(32)34(21)15-17-5-4-6-19(13-17)40(2,36)37/h4-10,13-14,24-25H,11-12,15,31-32H2,1-3H3. The van der Waals surface area contributed by atoms with Crippen molar-refractivity contribution in [3.8, 4) is 11.3 Å². The van der Waals surface area contributed by atoms with Gasteiger partial charge in [0.1, 0.15) is 18.0 Å². The number of rotatable bonds is 6. The van der Waals surface area contributed by atoms with E-state index in [4.69, 9.17) is 11.5 Å². The van der Waals surface area contributed by atoms with E-state index in [0.29, 0.717) is 28.1 Å². The average Bonchev–Trinajstić information content (AvgIpc) is 3.68. The minimum atomic E-state index is -4.61. The molecule has 2 atom stereocenters. The van der Waals surface area contributed by atoms with Crippen molar-refractivity contribution in [2.75, 3.05) is 17.4 Å². The van der Waals surface area contributed by atoms with Crippen molar-refractivity contribution in [3.63, 3.8) is 0 Å². The summed E-state index contributed by atoms with van der Waals surface area (Å²) in [6.07, 6.45) is -5.42. The van der Waals surface area contributed by atoms with Crippen molar-refractivity contribution in [2.45, 2.75) is 60.3 Å².